The highest BCUT2D eigenvalue weighted by molar-refractivity contribution is 6.02. The van der Waals surface area contributed by atoms with Crippen LogP contribution < -0.4 is 0 Å². The molecule has 0 radical (unpaired) electrons. The Hall–Kier alpha value is -5.22. The van der Waals surface area contributed by atoms with Crippen LogP contribution in [-0.4, -0.2) is 18.8 Å². The van der Waals surface area contributed by atoms with Crippen molar-refractivity contribution in [3.05, 3.63) is 130 Å². The topological polar surface area (TPSA) is 34.6 Å². The summed E-state index contributed by atoms with van der Waals surface area (Å²) in [5.41, 5.74) is 25.1. The highest BCUT2D eigenvalue weighted by Gasteiger charge is 2.30. The summed E-state index contributed by atoms with van der Waals surface area (Å²) < 4.78 is 5.25. The van der Waals surface area contributed by atoms with Gasteiger partial charge in [0.2, 0.25) is 0 Å². The van der Waals surface area contributed by atoms with Gasteiger partial charge in [-0.15, -0.1) is 0 Å². The van der Waals surface area contributed by atoms with Crippen LogP contribution in [0, 0.1) is 0 Å². The van der Waals surface area contributed by atoms with Crippen molar-refractivity contribution in [2.75, 3.05) is 0 Å². The van der Waals surface area contributed by atoms with Crippen molar-refractivity contribution < 1.29 is 0 Å². The Balaban J connectivity index is 1.87. The van der Waals surface area contributed by atoms with Gasteiger partial charge in [-0.1, -0.05) is 116 Å². The molecule has 0 N–H and O–H groups in total. The first-order valence-electron chi connectivity index (χ1n) is 20.6. The van der Waals surface area contributed by atoms with E-state index in [-0.39, 0.29) is 0 Å². The number of rotatable bonds is 10. The second kappa shape index (κ2) is 14.5. The number of hydrogen-bond acceptors (Lipinski definition) is 2. The maximum Gasteiger partial charge on any atom is 0.0915 e. The zero-order valence-electron chi connectivity index (χ0n) is 33.5. The van der Waals surface area contributed by atoms with Crippen molar-refractivity contribution in [1.29, 1.82) is 0 Å². The van der Waals surface area contributed by atoms with Crippen LogP contribution in [0.4, 0.5) is 0 Å². The van der Waals surface area contributed by atoms with Gasteiger partial charge in [-0.25, -0.2) is 9.97 Å². The minimum absolute atomic E-state index is 0.917. The molecule has 0 saturated heterocycles. The molecule has 0 fully saturated rings. The normalized spacial score (nSPS) is 13.3. The Labute approximate surface area is 321 Å². The standard InChI is InChI=1S/C50H54N4/c1-9-33-37(13-5)45-49-39(15-7)35(11-3)43-29-30-44-36(12-4)40(16-8)50(46-38(14-6)34(10-2)42(52-46)28-27-41(33)51-45)54(44)48(32-25-21-18-22-26-32)47(53(43)49)31-23-19-17-20-24-31/h17-30H,9-16H2,1-8H3. The first-order valence-corrected chi connectivity index (χ1v) is 20.6. The minimum Gasteiger partial charge on any atom is -0.305 e. The molecule has 8 rings (SSSR count). The zero-order chi connectivity index (χ0) is 37.7. The summed E-state index contributed by atoms with van der Waals surface area (Å²) in [6.45, 7) is 18.5. The molecular formula is C50H54N4. The summed E-state index contributed by atoms with van der Waals surface area (Å²) in [6.07, 6.45) is 7.42. The van der Waals surface area contributed by atoms with E-state index in [1.807, 2.05) is 0 Å². The fraction of sp³-hybridized carbons (Fsp3) is 0.320. The number of fused-ring (bicyclic) bond motifs is 7. The van der Waals surface area contributed by atoms with Gasteiger partial charge in [0.15, 0.2) is 0 Å². The quantitative estimate of drug-likeness (QED) is 0.142. The lowest BCUT2D eigenvalue weighted by atomic mass is 9.97. The van der Waals surface area contributed by atoms with E-state index in [1.165, 1.54) is 89.1 Å². The van der Waals surface area contributed by atoms with Crippen LogP contribution in [-0.2, 0) is 25.7 Å². The van der Waals surface area contributed by atoms with Crippen molar-refractivity contribution in [1.82, 2.24) is 18.8 Å². The minimum atomic E-state index is 0.917. The van der Waals surface area contributed by atoms with Crippen molar-refractivity contribution in [2.45, 2.75) is 107 Å². The summed E-state index contributed by atoms with van der Waals surface area (Å²) in [5, 5.41) is 0. The summed E-state index contributed by atoms with van der Waals surface area (Å²) in [6, 6.07) is 31.7. The number of aromatic nitrogens is 4. The Bertz CT molecular complexity index is 2430. The summed E-state index contributed by atoms with van der Waals surface area (Å²) in [4.78, 5) is 11.4. The van der Waals surface area contributed by atoms with E-state index in [4.69, 9.17) is 9.97 Å². The van der Waals surface area contributed by atoms with Gasteiger partial charge in [0.1, 0.15) is 0 Å². The molecule has 4 heteroatoms. The second-order valence-electron chi connectivity index (χ2n) is 14.6. The van der Waals surface area contributed by atoms with Crippen LogP contribution in [0.5, 0.6) is 0 Å². The predicted octanol–water partition coefficient (Wildman–Crippen LogP) is 13.5. The third-order valence-corrected chi connectivity index (χ3v) is 12.1. The number of hydrogen-bond donors (Lipinski definition) is 0. The first-order chi connectivity index (χ1) is 26.5. The van der Waals surface area contributed by atoms with Gasteiger partial charge < -0.3 is 8.80 Å². The second-order valence-corrected chi connectivity index (χ2v) is 14.6. The van der Waals surface area contributed by atoms with E-state index in [1.54, 1.807) is 0 Å². The van der Waals surface area contributed by atoms with Gasteiger partial charge >= 0.3 is 0 Å². The largest absolute Gasteiger partial charge is 0.305 e. The molecule has 4 aromatic heterocycles. The van der Waals surface area contributed by atoms with Gasteiger partial charge in [-0.3, -0.25) is 0 Å². The molecule has 6 aromatic rings. The van der Waals surface area contributed by atoms with Crippen LogP contribution in [0.1, 0.15) is 126 Å². The molecule has 0 saturated carbocycles. The fourth-order valence-electron chi connectivity index (χ4n) is 9.81. The van der Waals surface area contributed by atoms with Crippen LogP contribution >= 0.6 is 0 Å². The van der Waals surface area contributed by atoms with Crippen LogP contribution in [0.15, 0.2) is 84.9 Å². The van der Waals surface area contributed by atoms with Crippen LogP contribution in [0.2, 0.25) is 0 Å². The predicted molar refractivity (Wildman–Crippen MR) is 231 cm³/mol. The molecule has 0 spiro atoms. The van der Waals surface area contributed by atoms with Gasteiger partial charge in [-0.2, -0.15) is 0 Å². The van der Waals surface area contributed by atoms with E-state index < -0.39 is 0 Å². The molecule has 274 valence electrons. The lowest BCUT2D eigenvalue weighted by molar-refractivity contribution is 1.07. The average Bonchev–Trinajstić information content (AvgIpc) is 3.93. The molecule has 6 heterocycles. The van der Waals surface area contributed by atoms with E-state index in [9.17, 15) is 0 Å². The van der Waals surface area contributed by atoms with Gasteiger partial charge in [0.25, 0.3) is 0 Å². The average molecular weight is 711 g/mol. The summed E-state index contributed by atoms with van der Waals surface area (Å²) >= 11 is 0. The molecule has 54 heavy (non-hydrogen) atoms. The number of nitrogens with zero attached hydrogens (tertiary/aromatic N) is 4. The van der Waals surface area contributed by atoms with Crippen LogP contribution in [0.3, 0.4) is 0 Å². The third-order valence-electron chi connectivity index (χ3n) is 12.1. The smallest absolute Gasteiger partial charge is 0.0915 e. The first kappa shape index (κ1) is 35.8. The van der Waals surface area contributed by atoms with Crippen LogP contribution in [0.25, 0.3) is 66.9 Å². The van der Waals surface area contributed by atoms with Crippen molar-refractivity contribution in [2.24, 2.45) is 0 Å². The SMILES string of the molecule is CCC1=C(CC)c2nc1ccc1nc(c3c(CC)c(CC)c4ccc5c(CC)c(CC)c2n5c(-c2ccccc2)c(-c2ccccc2)n43)C(CC)=C1CC. The Kier molecular flexibility index (Phi) is 9.64. The van der Waals surface area contributed by atoms with Gasteiger partial charge in [0, 0.05) is 22.2 Å². The Morgan fingerprint density at radius 1 is 0.370 bits per heavy atom. The monoisotopic (exact) mass is 710 g/mol. The van der Waals surface area contributed by atoms with Crippen molar-refractivity contribution in [3.63, 3.8) is 0 Å². The summed E-state index contributed by atoms with van der Waals surface area (Å²) in [7, 11) is 0. The highest BCUT2D eigenvalue weighted by Crippen LogP contribution is 2.46. The molecule has 0 amide bonds. The molecular weight excluding hydrogens is 657 g/mol. The molecule has 2 aliphatic rings. The molecule has 2 aliphatic heterocycles. The molecule has 0 aliphatic carbocycles. The third kappa shape index (κ3) is 5.24. The molecule has 2 aromatic carbocycles. The number of benzene rings is 2. The van der Waals surface area contributed by atoms with E-state index >= 15 is 0 Å². The van der Waals surface area contributed by atoms with Crippen molar-refractivity contribution >= 4 is 44.4 Å². The maximum atomic E-state index is 5.68. The van der Waals surface area contributed by atoms with Crippen molar-refractivity contribution in [3.8, 4) is 22.5 Å². The molecule has 0 atom stereocenters. The Morgan fingerprint density at radius 2 is 0.722 bits per heavy atom. The fourth-order valence-corrected chi connectivity index (χ4v) is 9.81. The van der Waals surface area contributed by atoms with E-state index in [0.717, 1.165) is 74.1 Å². The molecule has 6 bridgehead atoms. The zero-order valence-corrected chi connectivity index (χ0v) is 33.5. The van der Waals surface area contributed by atoms with E-state index in [0.29, 0.717) is 0 Å². The van der Waals surface area contributed by atoms with E-state index in [2.05, 4.69) is 149 Å². The van der Waals surface area contributed by atoms with Gasteiger partial charge in [0.05, 0.1) is 45.2 Å². The maximum absolute atomic E-state index is 5.68. The van der Waals surface area contributed by atoms with Gasteiger partial charge in [-0.05, 0) is 120 Å². The lowest BCUT2D eigenvalue weighted by Gasteiger charge is -2.18. The Morgan fingerprint density at radius 3 is 1.04 bits per heavy atom. The summed E-state index contributed by atoms with van der Waals surface area (Å²) in [5.74, 6) is 0. The number of allylic oxidation sites excluding steroid dienone is 4. The lowest BCUT2D eigenvalue weighted by Crippen LogP contribution is -2.03. The highest BCUT2D eigenvalue weighted by atomic mass is 15.0. The number of aryl methyl sites for hydroxylation is 4. The molecule has 0 unspecified atom stereocenters. The molecule has 4 nitrogen and oxygen atoms in total.